The molecule has 0 aliphatic heterocycles. The molecule has 26 heavy (non-hydrogen) atoms. The molecular formula is C17H16Cl2N4O2S. The molecule has 0 aliphatic rings. The van der Waals surface area contributed by atoms with Gasteiger partial charge in [0, 0.05) is 26.3 Å². The molecule has 0 amide bonds. The summed E-state index contributed by atoms with van der Waals surface area (Å²) in [5.74, 6) is 1.13. The van der Waals surface area contributed by atoms with Crippen LogP contribution in [0.2, 0.25) is 10.0 Å². The van der Waals surface area contributed by atoms with Crippen molar-refractivity contribution in [3.63, 3.8) is 0 Å². The Labute approximate surface area is 163 Å². The molecule has 1 aromatic carbocycles. The second-order valence-electron chi connectivity index (χ2n) is 5.74. The van der Waals surface area contributed by atoms with Crippen molar-refractivity contribution in [3.8, 4) is 0 Å². The number of nitrogens with zero attached hydrogens (tertiary/aromatic N) is 4. The first-order valence-corrected chi connectivity index (χ1v) is 9.61. The third-order valence-corrected chi connectivity index (χ3v) is 5.77. The first-order chi connectivity index (χ1) is 12.3. The molecule has 6 nitrogen and oxygen atoms in total. The van der Waals surface area contributed by atoms with E-state index in [1.807, 2.05) is 13.0 Å². The molecule has 9 heteroatoms. The number of thioether (sulfide) groups is 1. The van der Waals surface area contributed by atoms with Crippen molar-refractivity contribution in [3.05, 3.63) is 60.5 Å². The zero-order valence-corrected chi connectivity index (χ0v) is 16.7. The lowest BCUT2D eigenvalue weighted by atomic mass is 10.2. The van der Waals surface area contributed by atoms with E-state index in [0.717, 1.165) is 10.1 Å². The summed E-state index contributed by atoms with van der Waals surface area (Å²) in [6.45, 7) is 1.92. The summed E-state index contributed by atoms with van der Waals surface area (Å²) in [4.78, 5) is 33.7. The molecular weight excluding hydrogens is 395 g/mol. The minimum atomic E-state index is -0.413. The van der Waals surface area contributed by atoms with Gasteiger partial charge in [-0.3, -0.25) is 13.9 Å². The molecule has 0 saturated heterocycles. The van der Waals surface area contributed by atoms with Crippen LogP contribution in [0.1, 0.15) is 18.3 Å². The Kier molecular flexibility index (Phi) is 5.41. The lowest BCUT2D eigenvalue weighted by Crippen LogP contribution is -2.37. The molecule has 0 N–H and O–H groups in total. The van der Waals surface area contributed by atoms with Gasteiger partial charge in [-0.1, -0.05) is 36.2 Å². The van der Waals surface area contributed by atoms with E-state index in [2.05, 4.69) is 9.97 Å². The Morgan fingerprint density at radius 3 is 2.46 bits per heavy atom. The van der Waals surface area contributed by atoms with Crippen LogP contribution in [0.3, 0.4) is 0 Å². The van der Waals surface area contributed by atoms with E-state index in [1.54, 1.807) is 19.2 Å². The lowest BCUT2D eigenvalue weighted by Gasteiger charge is -2.11. The van der Waals surface area contributed by atoms with Gasteiger partial charge in [-0.2, -0.15) is 0 Å². The third-order valence-electron chi connectivity index (χ3n) is 3.99. The largest absolute Gasteiger partial charge is 0.332 e. The highest BCUT2D eigenvalue weighted by Gasteiger charge is 2.17. The van der Waals surface area contributed by atoms with Crippen LogP contribution in [0, 0.1) is 0 Å². The molecule has 0 radical (unpaired) electrons. The minimum absolute atomic E-state index is 0.344. The fourth-order valence-electron chi connectivity index (χ4n) is 2.52. The van der Waals surface area contributed by atoms with Crippen LogP contribution < -0.4 is 11.2 Å². The SMILES string of the molecule is CCc1nc(SCc2ccc(Cl)c(Cl)c2)c2c(=O)n(C)c(=O)n(C)c2n1. The van der Waals surface area contributed by atoms with Crippen molar-refractivity contribution in [1.29, 1.82) is 0 Å². The summed E-state index contributed by atoms with van der Waals surface area (Å²) >= 11 is 13.4. The summed E-state index contributed by atoms with van der Waals surface area (Å²) in [7, 11) is 3.05. The molecule has 0 aliphatic carbocycles. The first kappa shape index (κ1) is 18.9. The van der Waals surface area contributed by atoms with Gasteiger partial charge in [-0.05, 0) is 17.7 Å². The van der Waals surface area contributed by atoms with Crippen molar-refractivity contribution in [2.75, 3.05) is 0 Å². The lowest BCUT2D eigenvalue weighted by molar-refractivity contribution is 0.698. The molecule has 2 heterocycles. The fraction of sp³-hybridized carbons (Fsp3) is 0.294. The minimum Gasteiger partial charge on any atom is -0.280 e. The van der Waals surface area contributed by atoms with Crippen LogP contribution in [0.4, 0.5) is 0 Å². The van der Waals surface area contributed by atoms with Gasteiger partial charge in [0.15, 0.2) is 5.65 Å². The van der Waals surface area contributed by atoms with Gasteiger partial charge in [0.05, 0.1) is 10.0 Å². The zero-order chi connectivity index (χ0) is 19.0. The van der Waals surface area contributed by atoms with Crippen LogP contribution in [0.5, 0.6) is 0 Å². The van der Waals surface area contributed by atoms with Gasteiger partial charge in [0.1, 0.15) is 16.2 Å². The molecule has 2 aromatic heterocycles. The second-order valence-corrected chi connectivity index (χ2v) is 7.52. The highest BCUT2D eigenvalue weighted by molar-refractivity contribution is 7.98. The highest BCUT2D eigenvalue weighted by atomic mass is 35.5. The maximum atomic E-state index is 12.6. The van der Waals surface area contributed by atoms with Crippen molar-refractivity contribution in [2.45, 2.75) is 24.1 Å². The van der Waals surface area contributed by atoms with Gasteiger partial charge < -0.3 is 0 Å². The summed E-state index contributed by atoms with van der Waals surface area (Å²) in [5, 5.41) is 1.86. The van der Waals surface area contributed by atoms with Gasteiger partial charge >= 0.3 is 5.69 Å². The van der Waals surface area contributed by atoms with E-state index in [-0.39, 0.29) is 0 Å². The number of hydrogen-bond acceptors (Lipinski definition) is 5. The average Bonchev–Trinajstić information content (AvgIpc) is 2.64. The van der Waals surface area contributed by atoms with Crippen LogP contribution in [-0.4, -0.2) is 19.1 Å². The number of hydrogen-bond donors (Lipinski definition) is 0. The molecule has 3 aromatic rings. The highest BCUT2D eigenvalue weighted by Crippen LogP contribution is 2.29. The molecule has 0 fully saturated rings. The van der Waals surface area contributed by atoms with E-state index in [1.165, 1.54) is 23.4 Å². The summed E-state index contributed by atoms with van der Waals surface area (Å²) in [5.41, 5.74) is 0.489. The fourth-order valence-corrected chi connectivity index (χ4v) is 3.81. The summed E-state index contributed by atoms with van der Waals surface area (Å²) in [6.07, 6.45) is 0.597. The Hall–Kier alpha value is -1.83. The normalized spacial score (nSPS) is 11.3. The molecule has 0 atom stereocenters. The second kappa shape index (κ2) is 7.42. The van der Waals surface area contributed by atoms with Crippen LogP contribution >= 0.6 is 35.0 Å². The summed E-state index contributed by atoms with van der Waals surface area (Å²) in [6, 6.07) is 5.39. The average molecular weight is 411 g/mol. The standard InChI is InChI=1S/C17H16Cl2N4O2S/c1-4-12-20-14-13(16(24)23(3)17(25)22(14)2)15(21-12)26-8-9-5-6-10(18)11(19)7-9/h5-7H,4,8H2,1-3H3. The summed E-state index contributed by atoms with van der Waals surface area (Å²) < 4.78 is 2.45. The molecule has 0 unspecified atom stereocenters. The molecule has 0 bridgehead atoms. The van der Waals surface area contributed by atoms with E-state index >= 15 is 0 Å². The van der Waals surface area contributed by atoms with Gasteiger partial charge in [0.25, 0.3) is 5.56 Å². The number of aromatic nitrogens is 4. The number of aryl methyl sites for hydroxylation is 2. The van der Waals surface area contributed by atoms with Gasteiger partial charge in [-0.15, -0.1) is 11.8 Å². The molecule has 0 saturated carbocycles. The monoisotopic (exact) mass is 410 g/mol. The Bertz CT molecular complexity index is 1120. The van der Waals surface area contributed by atoms with E-state index in [4.69, 9.17) is 23.2 Å². The number of halogens is 2. The quantitative estimate of drug-likeness (QED) is 0.487. The van der Waals surface area contributed by atoms with E-state index < -0.39 is 11.2 Å². The maximum Gasteiger partial charge on any atom is 0.332 e. The van der Waals surface area contributed by atoms with E-state index in [0.29, 0.717) is 44.1 Å². The predicted octanol–water partition coefficient (Wildman–Crippen LogP) is 3.19. The molecule has 136 valence electrons. The first-order valence-electron chi connectivity index (χ1n) is 7.86. The number of benzene rings is 1. The molecule has 3 rings (SSSR count). The predicted molar refractivity (Wildman–Crippen MR) is 105 cm³/mol. The smallest absolute Gasteiger partial charge is 0.280 e. The maximum absolute atomic E-state index is 12.6. The Morgan fingerprint density at radius 2 is 1.81 bits per heavy atom. The Balaban J connectivity index is 2.13. The number of rotatable bonds is 4. The van der Waals surface area contributed by atoms with Crippen molar-refractivity contribution in [2.24, 2.45) is 14.1 Å². The topological polar surface area (TPSA) is 69.8 Å². The van der Waals surface area contributed by atoms with Crippen LogP contribution in [0.15, 0.2) is 32.8 Å². The van der Waals surface area contributed by atoms with Crippen molar-refractivity contribution in [1.82, 2.24) is 19.1 Å². The van der Waals surface area contributed by atoms with Gasteiger partial charge in [0.2, 0.25) is 0 Å². The number of fused-ring (bicyclic) bond motifs is 1. The molecule has 0 spiro atoms. The zero-order valence-electron chi connectivity index (χ0n) is 14.4. The van der Waals surface area contributed by atoms with Crippen molar-refractivity contribution >= 4 is 46.0 Å². The van der Waals surface area contributed by atoms with Crippen LogP contribution in [-0.2, 0) is 26.3 Å². The third kappa shape index (κ3) is 3.39. The van der Waals surface area contributed by atoms with E-state index in [9.17, 15) is 9.59 Å². The Morgan fingerprint density at radius 1 is 1.08 bits per heavy atom. The van der Waals surface area contributed by atoms with Gasteiger partial charge in [-0.25, -0.2) is 14.8 Å². The van der Waals surface area contributed by atoms with Crippen LogP contribution in [0.25, 0.3) is 11.0 Å². The van der Waals surface area contributed by atoms with Crippen molar-refractivity contribution < 1.29 is 0 Å².